The van der Waals surface area contributed by atoms with Crippen LogP contribution in [-0.2, 0) is 9.53 Å². The van der Waals surface area contributed by atoms with Crippen LogP contribution in [0.4, 0.5) is 0 Å². The molecule has 0 atom stereocenters. The molecule has 0 amide bonds. The van der Waals surface area contributed by atoms with Crippen molar-refractivity contribution in [1.82, 2.24) is 0 Å². The van der Waals surface area contributed by atoms with Crippen molar-refractivity contribution in [3.63, 3.8) is 0 Å². The molecule has 0 radical (unpaired) electrons. The molecule has 4 heteroatoms. The standard InChI is InChI=1S/C8H11BrO2S/c1-4-6(8(10)11-3)12-7(9)5-2/h4-5H,1-3H3. The minimum Gasteiger partial charge on any atom is -0.465 e. The zero-order valence-electron chi connectivity index (χ0n) is 7.26. The van der Waals surface area contributed by atoms with Gasteiger partial charge in [-0.05, 0) is 29.8 Å². The highest BCUT2D eigenvalue weighted by molar-refractivity contribution is 9.14. The summed E-state index contributed by atoms with van der Waals surface area (Å²) in [5.41, 5.74) is 0. The van der Waals surface area contributed by atoms with Crippen molar-refractivity contribution in [2.75, 3.05) is 7.11 Å². The van der Waals surface area contributed by atoms with Crippen LogP contribution >= 0.6 is 27.7 Å². The van der Waals surface area contributed by atoms with E-state index < -0.39 is 0 Å². The third-order valence-electron chi connectivity index (χ3n) is 1.08. The second-order valence-electron chi connectivity index (χ2n) is 1.84. The summed E-state index contributed by atoms with van der Waals surface area (Å²) in [6.07, 6.45) is 3.60. The number of carbonyl (C=O) groups excluding carboxylic acids is 1. The van der Waals surface area contributed by atoms with Gasteiger partial charge in [0.2, 0.25) is 0 Å². The molecule has 0 aliphatic rings. The molecule has 0 N–H and O–H groups in total. The summed E-state index contributed by atoms with van der Waals surface area (Å²) in [6.45, 7) is 3.69. The number of halogens is 1. The van der Waals surface area contributed by atoms with Crippen LogP contribution in [0.1, 0.15) is 13.8 Å². The van der Waals surface area contributed by atoms with Crippen molar-refractivity contribution in [3.8, 4) is 0 Å². The average molecular weight is 251 g/mol. The van der Waals surface area contributed by atoms with Crippen molar-refractivity contribution >= 4 is 33.7 Å². The molecule has 0 fully saturated rings. The first-order valence-corrected chi connectivity index (χ1v) is 5.01. The summed E-state index contributed by atoms with van der Waals surface area (Å²) in [5, 5.41) is 0. The van der Waals surface area contributed by atoms with E-state index in [9.17, 15) is 4.79 Å². The lowest BCUT2D eigenvalue weighted by molar-refractivity contribution is -0.135. The molecular formula is C8H11BrO2S. The Morgan fingerprint density at radius 2 is 2.00 bits per heavy atom. The zero-order chi connectivity index (χ0) is 9.56. The molecule has 0 aromatic carbocycles. The topological polar surface area (TPSA) is 26.3 Å². The second kappa shape index (κ2) is 6.31. The third kappa shape index (κ3) is 3.97. The van der Waals surface area contributed by atoms with Gasteiger partial charge in [0, 0.05) is 0 Å². The van der Waals surface area contributed by atoms with Crippen molar-refractivity contribution < 1.29 is 9.53 Å². The first-order valence-electron chi connectivity index (χ1n) is 3.40. The molecule has 2 nitrogen and oxygen atoms in total. The summed E-state index contributed by atoms with van der Waals surface area (Å²) in [6, 6.07) is 0. The number of ether oxygens (including phenoxy) is 1. The molecule has 12 heavy (non-hydrogen) atoms. The minimum absolute atomic E-state index is 0.304. The van der Waals surface area contributed by atoms with Gasteiger partial charge in [-0.1, -0.05) is 23.9 Å². The predicted octanol–water partition coefficient (Wildman–Crippen LogP) is 3.05. The number of hydrogen-bond donors (Lipinski definition) is 0. The maximum atomic E-state index is 11.0. The van der Waals surface area contributed by atoms with Gasteiger partial charge in [0.25, 0.3) is 0 Å². The molecule has 0 saturated heterocycles. The predicted molar refractivity (Wildman–Crippen MR) is 56.0 cm³/mol. The normalized spacial score (nSPS) is 13.0. The minimum atomic E-state index is -0.304. The molecule has 0 bridgehead atoms. The first-order chi connectivity index (χ1) is 5.65. The van der Waals surface area contributed by atoms with Gasteiger partial charge in [0.15, 0.2) is 0 Å². The van der Waals surface area contributed by atoms with Gasteiger partial charge in [0.05, 0.1) is 15.8 Å². The second-order valence-corrected chi connectivity index (χ2v) is 4.30. The van der Waals surface area contributed by atoms with Crippen molar-refractivity contribution in [2.24, 2.45) is 0 Å². The van der Waals surface area contributed by atoms with Crippen LogP contribution in [0.3, 0.4) is 0 Å². The Balaban J connectivity index is 4.31. The van der Waals surface area contributed by atoms with Gasteiger partial charge in [-0.2, -0.15) is 0 Å². The van der Waals surface area contributed by atoms with Crippen LogP contribution in [-0.4, -0.2) is 13.1 Å². The lowest BCUT2D eigenvalue weighted by Gasteiger charge is -2.02. The van der Waals surface area contributed by atoms with E-state index in [1.807, 2.05) is 13.0 Å². The van der Waals surface area contributed by atoms with Crippen molar-refractivity contribution in [1.29, 1.82) is 0 Å². The fraction of sp³-hybridized carbons (Fsp3) is 0.375. The van der Waals surface area contributed by atoms with Gasteiger partial charge in [-0.15, -0.1) is 0 Å². The number of carbonyl (C=O) groups is 1. The number of hydrogen-bond acceptors (Lipinski definition) is 3. The molecule has 68 valence electrons. The fourth-order valence-electron chi connectivity index (χ4n) is 0.483. The van der Waals surface area contributed by atoms with E-state index in [4.69, 9.17) is 0 Å². The SMILES string of the molecule is CC=C(Br)SC(=CC)C(=O)OC. The highest BCUT2D eigenvalue weighted by Gasteiger charge is 2.09. The lowest BCUT2D eigenvalue weighted by Crippen LogP contribution is -2.00. The Morgan fingerprint density at radius 3 is 2.33 bits per heavy atom. The van der Waals surface area contributed by atoms with E-state index in [1.165, 1.54) is 18.9 Å². The number of methoxy groups -OCH3 is 1. The van der Waals surface area contributed by atoms with Gasteiger partial charge in [-0.3, -0.25) is 0 Å². The Hall–Kier alpha value is -0.220. The fourth-order valence-corrected chi connectivity index (χ4v) is 1.62. The van der Waals surface area contributed by atoms with Gasteiger partial charge in [0.1, 0.15) is 0 Å². The largest absolute Gasteiger partial charge is 0.465 e. The Labute approximate surface area is 85.2 Å². The van der Waals surface area contributed by atoms with Crippen molar-refractivity contribution in [3.05, 3.63) is 20.9 Å². The molecule has 0 spiro atoms. The van der Waals surface area contributed by atoms with Crippen LogP contribution < -0.4 is 0 Å². The number of rotatable bonds is 3. The van der Waals surface area contributed by atoms with E-state index in [2.05, 4.69) is 20.7 Å². The summed E-state index contributed by atoms with van der Waals surface area (Å²) >= 11 is 4.63. The molecule has 0 aliphatic heterocycles. The molecule has 0 rings (SSSR count). The number of esters is 1. The third-order valence-corrected chi connectivity index (χ3v) is 3.08. The summed E-state index contributed by atoms with van der Waals surface area (Å²) in [4.78, 5) is 11.6. The quantitative estimate of drug-likeness (QED) is 0.569. The maximum Gasteiger partial charge on any atom is 0.344 e. The van der Waals surface area contributed by atoms with Crippen LogP contribution in [0.15, 0.2) is 20.9 Å². The van der Waals surface area contributed by atoms with E-state index in [1.54, 1.807) is 13.0 Å². The van der Waals surface area contributed by atoms with E-state index >= 15 is 0 Å². The Bertz CT molecular complexity index is 221. The zero-order valence-corrected chi connectivity index (χ0v) is 9.66. The van der Waals surface area contributed by atoms with Crippen molar-refractivity contribution in [2.45, 2.75) is 13.8 Å². The summed E-state index contributed by atoms with van der Waals surface area (Å²) in [7, 11) is 1.37. The Morgan fingerprint density at radius 1 is 1.42 bits per heavy atom. The van der Waals surface area contributed by atoms with Crippen LogP contribution in [0, 0.1) is 0 Å². The summed E-state index contributed by atoms with van der Waals surface area (Å²) < 4.78 is 5.48. The van der Waals surface area contributed by atoms with Gasteiger partial charge >= 0.3 is 5.97 Å². The molecule has 0 heterocycles. The van der Waals surface area contributed by atoms with E-state index in [0.29, 0.717) is 4.91 Å². The highest BCUT2D eigenvalue weighted by Crippen LogP contribution is 2.30. The van der Waals surface area contributed by atoms with Crippen LogP contribution in [0.25, 0.3) is 0 Å². The molecule has 0 aromatic heterocycles. The Kier molecular flexibility index (Phi) is 6.20. The van der Waals surface area contributed by atoms with Crippen LogP contribution in [0.5, 0.6) is 0 Å². The smallest absolute Gasteiger partial charge is 0.344 e. The first kappa shape index (κ1) is 11.8. The number of allylic oxidation sites excluding steroid dienone is 2. The monoisotopic (exact) mass is 250 g/mol. The average Bonchev–Trinajstić information content (AvgIpc) is 2.12. The molecule has 0 aliphatic carbocycles. The maximum absolute atomic E-state index is 11.0. The van der Waals surface area contributed by atoms with E-state index in [0.717, 1.165) is 3.81 Å². The summed E-state index contributed by atoms with van der Waals surface area (Å²) in [5.74, 6) is -0.304. The molecule has 0 unspecified atom stereocenters. The highest BCUT2D eigenvalue weighted by atomic mass is 79.9. The molecular weight excluding hydrogens is 240 g/mol. The molecule has 0 saturated carbocycles. The lowest BCUT2D eigenvalue weighted by atomic mass is 10.5. The number of thioether (sulfide) groups is 1. The van der Waals surface area contributed by atoms with Gasteiger partial charge in [-0.25, -0.2) is 4.79 Å². The van der Waals surface area contributed by atoms with Gasteiger partial charge < -0.3 is 4.74 Å². The molecule has 0 aromatic rings. The van der Waals surface area contributed by atoms with E-state index in [-0.39, 0.29) is 5.97 Å². The van der Waals surface area contributed by atoms with Crippen LogP contribution in [0.2, 0.25) is 0 Å².